The summed E-state index contributed by atoms with van der Waals surface area (Å²) in [5.41, 5.74) is 1.77. The number of carbonyl (C=O) groups excluding carboxylic acids is 1. The first kappa shape index (κ1) is 11.7. The fraction of sp³-hybridized carbons (Fsp3) is 0.0714. The van der Waals surface area contributed by atoms with Gasteiger partial charge in [0.05, 0.1) is 5.56 Å². The molecular weight excluding hydrogens is 312 g/mol. The van der Waals surface area contributed by atoms with Crippen LogP contribution in [0, 0.1) is 6.92 Å². The van der Waals surface area contributed by atoms with Gasteiger partial charge in [0.25, 0.3) is 0 Å². The lowest BCUT2D eigenvalue weighted by Gasteiger charge is -1.97. The number of carbonyl (C=O) groups is 1. The van der Waals surface area contributed by atoms with Crippen molar-refractivity contribution in [2.24, 2.45) is 0 Å². The molecular formula is C14H9BrO2S. The molecule has 0 amide bonds. The standard InChI is InChI=1S/C14H9BrO2S/c1-8-4-5-18-13(8)7-12-14(16)10-6-9(15)2-3-11(10)17-12/h2-7H,1H3/b12-7-. The molecule has 0 unspecified atom stereocenters. The Morgan fingerprint density at radius 1 is 1.33 bits per heavy atom. The van der Waals surface area contributed by atoms with E-state index < -0.39 is 0 Å². The number of ether oxygens (including phenoxy) is 1. The van der Waals surface area contributed by atoms with E-state index in [4.69, 9.17) is 4.74 Å². The Labute approximate surface area is 117 Å². The Balaban J connectivity index is 2.03. The topological polar surface area (TPSA) is 26.3 Å². The first-order valence-electron chi connectivity index (χ1n) is 5.43. The first-order valence-corrected chi connectivity index (χ1v) is 7.10. The van der Waals surface area contributed by atoms with Crippen molar-refractivity contribution in [1.29, 1.82) is 0 Å². The summed E-state index contributed by atoms with van der Waals surface area (Å²) < 4.78 is 6.48. The first-order chi connectivity index (χ1) is 8.65. The van der Waals surface area contributed by atoms with Gasteiger partial charge in [0.15, 0.2) is 5.76 Å². The van der Waals surface area contributed by atoms with Crippen molar-refractivity contribution in [3.8, 4) is 5.75 Å². The predicted molar refractivity (Wildman–Crippen MR) is 76.1 cm³/mol. The molecule has 2 aromatic rings. The average molecular weight is 321 g/mol. The fourth-order valence-corrected chi connectivity index (χ4v) is 3.02. The molecule has 4 heteroatoms. The molecule has 90 valence electrons. The lowest BCUT2D eigenvalue weighted by atomic mass is 10.1. The lowest BCUT2D eigenvalue weighted by molar-refractivity contribution is 0.101. The monoisotopic (exact) mass is 320 g/mol. The molecule has 3 rings (SSSR count). The smallest absolute Gasteiger partial charge is 0.232 e. The average Bonchev–Trinajstić information content (AvgIpc) is 2.87. The molecule has 1 aliphatic rings. The van der Waals surface area contributed by atoms with Gasteiger partial charge in [0.2, 0.25) is 5.78 Å². The van der Waals surface area contributed by atoms with Crippen LogP contribution >= 0.6 is 27.3 Å². The summed E-state index contributed by atoms with van der Waals surface area (Å²) >= 11 is 4.96. The largest absolute Gasteiger partial charge is 0.452 e. The maximum absolute atomic E-state index is 12.2. The summed E-state index contributed by atoms with van der Waals surface area (Å²) in [6.07, 6.45) is 1.82. The molecule has 0 spiro atoms. The van der Waals surface area contributed by atoms with Crippen molar-refractivity contribution in [3.05, 3.63) is 55.9 Å². The Hall–Kier alpha value is -1.39. The zero-order valence-corrected chi connectivity index (χ0v) is 12.0. The number of thiophene rings is 1. The maximum atomic E-state index is 12.2. The van der Waals surface area contributed by atoms with E-state index in [0.717, 1.165) is 14.9 Å². The van der Waals surface area contributed by atoms with Gasteiger partial charge in [-0.1, -0.05) is 15.9 Å². The van der Waals surface area contributed by atoms with Gasteiger partial charge < -0.3 is 4.74 Å². The Bertz CT molecular complexity index is 670. The van der Waals surface area contributed by atoms with Crippen LogP contribution in [0.15, 0.2) is 39.9 Å². The van der Waals surface area contributed by atoms with E-state index in [9.17, 15) is 4.79 Å². The lowest BCUT2D eigenvalue weighted by Crippen LogP contribution is -1.97. The van der Waals surface area contributed by atoms with Crippen LogP contribution in [0.25, 0.3) is 6.08 Å². The number of hydrogen-bond donors (Lipinski definition) is 0. The van der Waals surface area contributed by atoms with Crippen molar-refractivity contribution < 1.29 is 9.53 Å². The van der Waals surface area contributed by atoms with Crippen LogP contribution in [0.3, 0.4) is 0 Å². The van der Waals surface area contributed by atoms with Gasteiger partial charge >= 0.3 is 0 Å². The third-order valence-electron chi connectivity index (χ3n) is 2.79. The SMILES string of the molecule is Cc1ccsc1/C=C1\Oc2ccc(Br)cc2C1=O. The number of rotatable bonds is 1. The van der Waals surface area contributed by atoms with E-state index in [-0.39, 0.29) is 5.78 Å². The van der Waals surface area contributed by atoms with Gasteiger partial charge in [-0.25, -0.2) is 0 Å². The second kappa shape index (κ2) is 4.37. The summed E-state index contributed by atoms with van der Waals surface area (Å²) in [6.45, 7) is 2.02. The van der Waals surface area contributed by atoms with Crippen molar-refractivity contribution in [1.82, 2.24) is 0 Å². The number of benzene rings is 1. The molecule has 0 saturated carbocycles. The zero-order chi connectivity index (χ0) is 12.7. The van der Waals surface area contributed by atoms with E-state index >= 15 is 0 Å². The van der Waals surface area contributed by atoms with Crippen LogP contribution < -0.4 is 4.74 Å². The maximum Gasteiger partial charge on any atom is 0.232 e. The zero-order valence-electron chi connectivity index (χ0n) is 9.57. The highest BCUT2D eigenvalue weighted by atomic mass is 79.9. The molecule has 2 heterocycles. The second-order valence-electron chi connectivity index (χ2n) is 4.05. The Morgan fingerprint density at radius 2 is 2.17 bits per heavy atom. The predicted octanol–water partition coefficient (Wildman–Crippen LogP) is 4.44. The van der Waals surface area contributed by atoms with Crippen LogP contribution in [-0.2, 0) is 0 Å². The fourth-order valence-electron chi connectivity index (χ4n) is 1.81. The van der Waals surface area contributed by atoms with Crippen LogP contribution in [0.5, 0.6) is 5.75 Å². The van der Waals surface area contributed by atoms with E-state index in [2.05, 4.69) is 15.9 Å². The van der Waals surface area contributed by atoms with Crippen LogP contribution in [0.1, 0.15) is 20.8 Å². The van der Waals surface area contributed by atoms with Gasteiger partial charge in [0.1, 0.15) is 5.75 Å². The van der Waals surface area contributed by atoms with Gasteiger partial charge in [-0.3, -0.25) is 4.79 Å². The van der Waals surface area contributed by atoms with Gasteiger partial charge in [0, 0.05) is 15.4 Å². The molecule has 0 N–H and O–H groups in total. The van der Waals surface area contributed by atoms with E-state index in [0.29, 0.717) is 17.1 Å². The normalized spacial score (nSPS) is 15.9. The summed E-state index contributed by atoms with van der Waals surface area (Å²) in [5, 5.41) is 2.00. The van der Waals surface area contributed by atoms with Gasteiger partial charge in [-0.2, -0.15) is 0 Å². The minimum atomic E-state index is -0.0564. The number of hydrogen-bond acceptors (Lipinski definition) is 3. The highest BCUT2D eigenvalue weighted by Gasteiger charge is 2.27. The Morgan fingerprint density at radius 3 is 2.89 bits per heavy atom. The third-order valence-corrected chi connectivity index (χ3v) is 4.25. The van der Waals surface area contributed by atoms with E-state index in [1.54, 1.807) is 23.5 Å². The molecule has 1 aromatic carbocycles. The number of Topliss-reactive ketones (excluding diaryl/α,β-unsaturated/α-hetero) is 1. The van der Waals surface area contributed by atoms with Gasteiger partial charge in [-0.15, -0.1) is 11.3 Å². The number of aryl methyl sites for hydroxylation is 1. The molecule has 0 bridgehead atoms. The highest BCUT2D eigenvalue weighted by molar-refractivity contribution is 9.10. The van der Waals surface area contributed by atoms with Crippen LogP contribution in [-0.4, -0.2) is 5.78 Å². The van der Waals surface area contributed by atoms with Crippen molar-refractivity contribution in [3.63, 3.8) is 0 Å². The van der Waals surface area contributed by atoms with Crippen molar-refractivity contribution in [2.45, 2.75) is 6.92 Å². The summed E-state index contributed by atoms with van der Waals surface area (Å²) in [7, 11) is 0. The van der Waals surface area contributed by atoms with Crippen LogP contribution in [0.4, 0.5) is 0 Å². The summed E-state index contributed by atoms with van der Waals surface area (Å²) in [4.78, 5) is 13.2. The molecule has 0 saturated heterocycles. The molecule has 1 aromatic heterocycles. The molecule has 18 heavy (non-hydrogen) atoms. The van der Waals surface area contributed by atoms with Gasteiger partial charge in [-0.05, 0) is 42.1 Å². The molecule has 0 fully saturated rings. The highest BCUT2D eigenvalue weighted by Crippen LogP contribution is 2.34. The minimum absolute atomic E-state index is 0.0564. The molecule has 0 atom stereocenters. The molecule has 1 aliphatic heterocycles. The van der Waals surface area contributed by atoms with E-state index in [1.165, 1.54) is 0 Å². The summed E-state index contributed by atoms with van der Waals surface area (Å²) in [6, 6.07) is 7.49. The van der Waals surface area contributed by atoms with Crippen LogP contribution in [0.2, 0.25) is 0 Å². The summed E-state index contributed by atoms with van der Waals surface area (Å²) in [5.74, 6) is 0.969. The van der Waals surface area contributed by atoms with E-state index in [1.807, 2.05) is 30.5 Å². The molecule has 2 nitrogen and oxygen atoms in total. The number of halogens is 1. The minimum Gasteiger partial charge on any atom is -0.452 e. The van der Waals surface area contributed by atoms with Crippen molar-refractivity contribution >= 4 is 39.1 Å². The Kier molecular flexibility index (Phi) is 2.84. The molecule has 0 radical (unpaired) electrons. The quantitative estimate of drug-likeness (QED) is 0.726. The second-order valence-corrected chi connectivity index (χ2v) is 5.91. The molecule has 0 aliphatic carbocycles. The number of fused-ring (bicyclic) bond motifs is 1. The number of allylic oxidation sites excluding steroid dienone is 1. The third kappa shape index (κ3) is 1.91. The number of ketones is 1. The van der Waals surface area contributed by atoms with Crippen molar-refractivity contribution in [2.75, 3.05) is 0 Å².